The van der Waals surface area contributed by atoms with E-state index in [2.05, 4.69) is 30.0 Å². The molecule has 44 heavy (non-hydrogen) atoms. The summed E-state index contributed by atoms with van der Waals surface area (Å²) in [6, 6.07) is 10.3. The number of anilines is 2. The third-order valence-electron chi connectivity index (χ3n) is 6.97. The molecule has 1 saturated heterocycles. The highest BCUT2D eigenvalue weighted by atomic mass is 32.2. The predicted molar refractivity (Wildman–Crippen MR) is 152 cm³/mol. The lowest BCUT2D eigenvalue weighted by Gasteiger charge is -2.40. The molecule has 1 fully saturated rings. The quantitative estimate of drug-likeness (QED) is 0.233. The second-order valence-electron chi connectivity index (χ2n) is 9.98. The van der Waals surface area contributed by atoms with E-state index in [9.17, 15) is 30.8 Å². The number of ether oxygens (including phenoxy) is 1. The van der Waals surface area contributed by atoms with Crippen molar-refractivity contribution in [2.24, 2.45) is 0 Å². The number of aromatic nitrogens is 3. The summed E-state index contributed by atoms with van der Waals surface area (Å²) in [6.45, 7) is 5.55. The molecule has 1 aliphatic rings. The van der Waals surface area contributed by atoms with Gasteiger partial charge >= 0.3 is 12.1 Å². The lowest BCUT2D eigenvalue weighted by atomic mass is 10.0. The number of hydrogen-bond donors (Lipinski definition) is 1. The van der Waals surface area contributed by atoms with Crippen molar-refractivity contribution >= 4 is 38.4 Å². The van der Waals surface area contributed by atoms with Crippen molar-refractivity contribution < 1.29 is 40.3 Å². The smallest absolute Gasteiger partial charge is 0.479 e. The fourth-order valence-corrected chi connectivity index (χ4v) is 6.26. The van der Waals surface area contributed by atoms with E-state index >= 15 is 0 Å². The third-order valence-corrected chi connectivity index (χ3v) is 8.57. The first-order valence-electron chi connectivity index (χ1n) is 13.2. The number of carbonyl (C=O) groups excluding carboxylic acids is 1. The normalized spacial score (nSPS) is 17.4. The van der Waals surface area contributed by atoms with Gasteiger partial charge in [-0.05, 0) is 49.7 Å². The SMILES string of the molecule is COc1ncc(-c2ccc3ncnc(N4[C@H](C)CNC[C@@H]4C)c3c2)cc1N(OC(=O)C(F)(F)F)S(=O)(=O)c1ccccc1F. The molecular weight excluding hydrogens is 608 g/mol. The van der Waals surface area contributed by atoms with Crippen LogP contribution in [-0.4, -0.2) is 67.8 Å². The average molecular weight is 635 g/mol. The minimum atomic E-state index is -5.59. The van der Waals surface area contributed by atoms with Crippen LogP contribution in [0, 0.1) is 5.82 Å². The Morgan fingerprint density at radius 2 is 1.73 bits per heavy atom. The van der Waals surface area contributed by atoms with Gasteiger partial charge in [-0.15, -0.1) is 0 Å². The number of hydrogen-bond acceptors (Lipinski definition) is 10. The molecule has 11 nitrogen and oxygen atoms in total. The molecule has 2 aromatic heterocycles. The molecule has 5 rings (SSSR count). The van der Waals surface area contributed by atoms with Crippen molar-refractivity contribution in [3.63, 3.8) is 0 Å². The zero-order chi connectivity index (χ0) is 31.8. The zero-order valence-electron chi connectivity index (χ0n) is 23.5. The van der Waals surface area contributed by atoms with Gasteiger partial charge in [-0.2, -0.15) is 21.6 Å². The van der Waals surface area contributed by atoms with Gasteiger partial charge < -0.3 is 19.8 Å². The predicted octanol–water partition coefficient (Wildman–Crippen LogP) is 4.24. The maximum atomic E-state index is 14.6. The van der Waals surface area contributed by atoms with E-state index in [0.29, 0.717) is 22.3 Å². The number of pyridine rings is 1. The van der Waals surface area contributed by atoms with Crippen molar-refractivity contribution in [1.29, 1.82) is 0 Å². The van der Waals surface area contributed by atoms with Crippen LogP contribution in [0.25, 0.3) is 22.0 Å². The van der Waals surface area contributed by atoms with Crippen LogP contribution in [0.4, 0.5) is 29.1 Å². The van der Waals surface area contributed by atoms with Crippen molar-refractivity contribution in [3.8, 4) is 17.0 Å². The highest BCUT2D eigenvalue weighted by molar-refractivity contribution is 7.92. The number of sulfonamides is 1. The first-order valence-corrected chi connectivity index (χ1v) is 14.6. The standard InChI is InChI=1S/C28H26F4N6O5S/c1-16-12-33-13-17(2)37(16)25-20-10-18(8-9-22(20)35-15-36-25)19-11-23(26(42-3)34-14-19)38(43-27(39)28(30,31)32)44(40,41)24-7-5-4-6-21(24)29/h4-11,14-17,33H,12-13H2,1-3H3/t16-,17+. The summed E-state index contributed by atoms with van der Waals surface area (Å²) < 4.78 is 86.3. The number of nitrogens with one attached hydrogen (secondary N) is 1. The van der Waals surface area contributed by atoms with Crippen molar-refractivity contribution in [3.05, 3.63) is 66.9 Å². The van der Waals surface area contributed by atoms with E-state index in [-0.39, 0.29) is 22.1 Å². The second-order valence-corrected chi connectivity index (χ2v) is 11.7. The number of rotatable bonds is 7. The molecule has 2 aromatic carbocycles. The van der Waals surface area contributed by atoms with Gasteiger partial charge in [-0.1, -0.05) is 22.7 Å². The molecule has 0 amide bonds. The maximum Gasteiger partial charge on any atom is 0.493 e. The van der Waals surface area contributed by atoms with Crippen molar-refractivity contribution in [1.82, 2.24) is 20.3 Å². The molecule has 0 aliphatic carbocycles. The monoisotopic (exact) mass is 634 g/mol. The molecule has 0 saturated carbocycles. The Morgan fingerprint density at radius 3 is 2.39 bits per heavy atom. The minimum absolute atomic E-state index is 0.0928. The molecule has 1 aliphatic heterocycles. The Kier molecular flexibility index (Phi) is 8.31. The average Bonchev–Trinajstić information content (AvgIpc) is 2.98. The molecule has 4 aromatic rings. The summed E-state index contributed by atoms with van der Waals surface area (Å²) in [5.41, 5.74) is 0.558. The van der Waals surface area contributed by atoms with Gasteiger partial charge in [0.15, 0.2) is 5.69 Å². The Bertz CT molecular complexity index is 1810. The lowest BCUT2D eigenvalue weighted by molar-refractivity contribution is -0.199. The van der Waals surface area contributed by atoms with Crippen LogP contribution in [-0.2, 0) is 19.7 Å². The van der Waals surface area contributed by atoms with Gasteiger partial charge in [-0.3, -0.25) is 0 Å². The zero-order valence-corrected chi connectivity index (χ0v) is 24.4. The summed E-state index contributed by atoms with van der Waals surface area (Å²) in [6.07, 6.45) is -2.84. The number of alkyl halides is 3. The van der Waals surface area contributed by atoms with E-state index in [1.165, 1.54) is 18.6 Å². The minimum Gasteiger partial charge on any atom is -0.479 e. The first kappa shape index (κ1) is 30.9. The fourth-order valence-electron chi connectivity index (χ4n) is 4.96. The number of halogens is 4. The Hall–Kier alpha value is -4.57. The van der Waals surface area contributed by atoms with Crippen LogP contribution < -0.4 is 19.4 Å². The molecule has 0 bridgehead atoms. The lowest BCUT2D eigenvalue weighted by Crippen LogP contribution is -2.55. The van der Waals surface area contributed by atoms with Gasteiger partial charge in [0.25, 0.3) is 10.0 Å². The number of benzene rings is 2. The van der Waals surface area contributed by atoms with Crippen LogP contribution in [0.5, 0.6) is 5.88 Å². The van der Waals surface area contributed by atoms with Gasteiger partial charge in [0.2, 0.25) is 5.88 Å². The maximum absolute atomic E-state index is 14.6. The van der Waals surface area contributed by atoms with Crippen LogP contribution in [0.15, 0.2) is 66.0 Å². The third kappa shape index (κ3) is 5.81. The first-order chi connectivity index (χ1) is 20.8. The molecule has 0 radical (unpaired) electrons. The van der Waals surface area contributed by atoms with Crippen LogP contribution in [0.2, 0.25) is 0 Å². The van der Waals surface area contributed by atoms with Gasteiger partial charge in [0, 0.05) is 42.3 Å². The second kappa shape index (κ2) is 11.8. The highest BCUT2D eigenvalue weighted by Gasteiger charge is 2.46. The Morgan fingerprint density at radius 1 is 1.02 bits per heavy atom. The summed E-state index contributed by atoms with van der Waals surface area (Å²) in [5, 5.41) is 4.01. The summed E-state index contributed by atoms with van der Waals surface area (Å²) in [5.74, 6) is -4.02. The molecule has 16 heteroatoms. The molecule has 232 valence electrons. The van der Waals surface area contributed by atoms with Gasteiger partial charge in [-0.25, -0.2) is 24.1 Å². The molecule has 1 N–H and O–H groups in total. The topological polar surface area (TPSA) is 127 Å². The van der Waals surface area contributed by atoms with Gasteiger partial charge in [0.1, 0.15) is 22.9 Å². The highest BCUT2D eigenvalue weighted by Crippen LogP contribution is 2.38. The summed E-state index contributed by atoms with van der Waals surface area (Å²) in [4.78, 5) is 30.3. The van der Waals surface area contributed by atoms with E-state index in [1.54, 1.807) is 18.2 Å². The Labute approximate surface area is 249 Å². The molecule has 0 unspecified atom stereocenters. The van der Waals surface area contributed by atoms with E-state index in [0.717, 1.165) is 44.5 Å². The number of piperazine rings is 1. The van der Waals surface area contributed by atoms with Crippen LogP contribution >= 0.6 is 0 Å². The van der Waals surface area contributed by atoms with Crippen molar-refractivity contribution in [2.75, 3.05) is 29.6 Å². The molecule has 0 spiro atoms. The number of methoxy groups -OCH3 is 1. The largest absolute Gasteiger partial charge is 0.493 e. The van der Waals surface area contributed by atoms with E-state index in [4.69, 9.17) is 4.74 Å². The fraction of sp³-hybridized carbons (Fsp3) is 0.286. The van der Waals surface area contributed by atoms with E-state index in [1.807, 2.05) is 13.8 Å². The Balaban J connectivity index is 1.67. The van der Waals surface area contributed by atoms with Crippen molar-refractivity contribution in [2.45, 2.75) is 37.0 Å². The number of fused-ring (bicyclic) bond motifs is 1. The molecular formula is C28H26F4N6O5S. The van der Waals surface area contributed by atoms with Crippen LogP contribution in [0.1, 0.15) is 13.8 Å². The number of carbonyl (C=O) groups is 1. The van der Waals surface area contributed by atoms with Gasteiger partial charge in [0.05, 0.1) is 12.6 Å². The van der Waals surface area contributed by atoms with E-state index < -0.39 is 44.4 Å². The summed E-state index contributed by atoms with van der Waals surface area (Å²) in [7, 11) is -4.19. The number of nitrogens with zero attached hydrogens (tertiary/aromatic N) is 5. The molecule has 3 heterocycles. The van der Waals surface area contributed by atoms with Crippen LogP contribution in [0.3, 0.4) is 0 Å². The molecule has 2 atom stereocenters. The summed E-state index contributed by atoms with van der Waals surface area (Å²) >= 11 is 0.